The number of hydrogen-bond donors (Lipinski definition) is 1. The molecule has 0 aliphatic rings. The standard InChI is InChI=1S/C17H17N2.C15H10ClF3N2O6S/c1-18-16(14-9-5-3-6-10-14)13-17(19(18)2)15-11-7-4-8-12-15;1-28(25,26)20-14(22)10-7-9(3-4-12(10)21(23)24)27-13-5-2-8(6-11(13)16)15(17,18)19/h3-13H,1-2H3;2-7H,1H3,(H,20,22)/q+1;. The predicted octanol–water partition coefficient (Wildman–Crippen LogP) is 6.93. The van der Waals surface area contributed by atoms with Crippen LogP contribution >= 0.6 is 11.6 Å². The molecular formula is C32H27ClF3N4O6S+. The molecule has 0 spiro atoms. The van der Waals surface area contributed by atoms with E-state index in [1.165, 1.54) is 22.5 Å². The van der Waals surface area contributed by atoms with E-state index in [2.05, 4.69) is 78.1 Å². The summed E-state index contributed by atoms with van der Waals surface area (Å²) >= 11 is 5.76. The van der Waals surface area contributed by atoms with Gasteiger partial charge in [0.05, 0.1) is 28.8 Å². The van der Waals surface area contributed by atoms with Crippen molar-refractivity contribution >= 4 is 33.2 Å². The number of benzene rings is 4. The lowest BCUT2D eigenvalue weighted by atomic mass is 10.1. The molecular weight excluding hydrogens is 661 g/mol. The number of nitrogens with zero attached hydrogens (tertiary/aromatic N) is 3. The average molecular weight is 688 g/mol. The number of nitro benzene ring substituents is 1. The Morgan fingerprint density at radius 3 is 2.06 bits per heavy atom. The van der Waals surface area contributed by atoms with E-state index in [0.717, 1.165) is 24.3 Å². The Labute approximate surface area is 272 Å². The number of nitro groups is 1. The second-order valence-electron chi connectivity index (χ2n) is 10.1. The number of ether oxygens (including phenoxy) is 1. The molecule has 0 saturated carbocycles. The highest BCUT2D eigenvalue weighted by Crippen LogP contribution is 2.37. The second kappa shape index (κ2) is 14.1. The molecule has 0 bridgehead atoms. The van der Waals surface area contributed by atoms with E-state index in [9.17, 15) is 36.5 Å². The minimum Gasteiger partial charge on any atom is -0.456 e. The van der Waals surface area contributed by atoms with E-state index in [1.807, 2.05) is 12.1 Å². The van der Waals surface area contributed by atoms with Gasteiger partial charge in [-0.25, -0.2) is 13.1 Å². The fourth-order valence-electron chi connectivity index (χ4n) is 4.43. The van der Waals surface area contributed by atoms with Gasteiger partial charge in [0, 0.05) is 29.3 Å². The van der Waals surface area contributed by atoms with E-state index in [1.54, 1.807) is 4.72 Å². The number of carbonyl (C=O) groups excluding carboxylic acids is 1. The van der Waals surface area contributed by atoms with Crippen molar-refractivity contribution in [3.8, 4) is 34.0 Å². The highest BCUT2D eigenvalue weighted by Gasteiger charge is 2.31. The molecule has 0 aliphatic heterocycles. The molecule has 1 amide bonds. The molecule has 4 aromatic carbocycles. The minimum absolute atomic E-state index is 0.189. The molecule has 0 fully saturated rings. The Bertz CT molecular complexity index is 1980. The number of nitrogens with one attached hydrogen (secondary N) is 1. The molecule has 15 heteroatoms. The fourth-order valence-corrected chi connectivity index (χ4v) is 5.09. The third-order valence-electron chi connectivity index (χ3n) is 6.73. The molecule has 47 heavy (non-hydrogen) atoms. The highest BCUT2D eigenvalue weighted by atomic mass is 35.5. The molecule has 1 aromatic heterocycles. The van der Waals surface area contributed by atoms with Gasteiger partial charge in [-0.1, -0.05) is 60.1 Å². The van der Waals surface area contributed by atoms with Crippen LogP contribution in [-0.4, -0.2) is 30.2 Å². The van der Waals surface area contributed by atoms with Crippen LogP contribution in [-0.2, 0) is 30.3 Å². The van der Waals surface area contributed by atoms with Gasteiger partial charge in [0.1, 0.15) is 22.8 Å². The maximum absolute atomic E-state index is 12.7. The molecule has 0 radical (unpaired) electrons. The number of sulfonamides is 1. The summed E-state index contributed by atoms with van der Waals surface area (Å²) < 4.78 is 71.6. The van der Waals surface area contributed by atoms with Crippen molar-refractivity contribution in [1.82, 2.24) is 9.40 Å². The SMILES string of the molecule is CS(=O)(=O)NC(=O)c1cc(Oc2ccc(C(F)(F)F)cc2Cl)ccc1[N+](=O)[O-].Cn1c(-c2ccccc2)cc(-c2ccccc2)[n+]1C. The Kier molecular flexibility index (Phi) is 10.4. The number of rotatable bonds is 7. The van der Waals surface area contributed by atoms with Gasteiger partial charge in [-0.3, -0.25) is 14.9 Å². The zero-order chi connectivity index (χ0) is 34.5. The number of alkyl halides is 3. The van der Waals surface area contributed by atoms with E-state index in [0.29, 0.717) is 18.4 Å². The summed E-state index contributed by atoms with van der Waals surface area (Å²) in [6, 6.07) is 28.3. The monoisotopic (exact) mass is 687 g/mol. The summed E-state index contributed by atoms with van der Waals surface area (Å²) in [6.07, 6.45) is -3.94. The smallest absolute Gasteiger partial charge is 0.416 e. The van der Waals surface area contributed by atoms with Gasteiger partial charge in [-0.2, -0.15) is 17.9 Å². The number of carbonyl (C=O) groups is 1. The second-order valence-corrected chi connectivity index (χ2v) is 12.2. The largest absolute Gasteiger partial charge is 0.456 e. The Morgan fingerprint density at radius 2 is 1.53 bits per heavy atom. The van der Waals surface area contributed by atoms with Crippen LogP contribution in [0.2, 0.25) is 5.02 Å². The van der Waals surface area contributed by atoms with Gasteiger partial charge in [0.15, 0.2) is 7.05 Å². The highest BCUT2D eigenvalue weighted by molar-refractivity contribution is 7.89. The number of aromatic nitrogens is 2. The van der Waals surface area contributed by atoms with Crippen molar-refractivity contribution in [1.29, 1.82) is 0 Å². The summed E-state index contributed by atoms with van der Waals surface area (Å²) in [4.78, 5) is 22.2. The van der Waals surface area contributed by atoms with Crippen molar-refractivity contribution in [2.45, 2.75) is 6.18 Å². The van der Waals surface area contributed by atoms with Gasteiger partial charge in [0.2, 0.25) is 15.7 Å². The number of amides is 1. The van der Waals surface area contributed by atoms with Gasteiger partial charge in [-0.15, -0.1) is 4.68 Å². The normalized spacial score (nSPS) is 11.3. The van der Waals surface area contributed by atoms with E-state index in [4.69, 9.17) is 16.3 Å². The third kappa shape index (κ3) is 8.74. The van der Waals surface area contributed by atoms with Crippen molar-refractivity contribution in [2.24, 2.45) is 14.1 Å². The van der Waals surface area contributed by atoms with Gasteiger partial charge in [0.25, 0.3) is 11.6 Å². The molecule has 0 unspecified atom stereocenters. The van der Waals surface area contributed by atoms with Gasteiger partial charge in [-0.05, 0) is 36.4 Å². The van der Waals surface area contributed by atoms with Crippen LogP contribution in [0.5, 0.6) is 11.5 Å². The number of halogens is 4. The molecule has 1 N–H and O–H groups in total. The van der Waals surface area contributed by atoms with E-state index < -0.39 is 48.9 Å². The van der Waals surface area contributed by atoms with Crippen LogP contribution in [0.4, 0.5) is 18.9 Å². The first-order valence-corrected chi connectivity index (χ1v) is 15.8. The fraction of sp³-hybridized carbons (Fsp3) is 0.125. The van der Waals surface area contributed by atoms with Crippen molar-refractivity contribution < 1.29 is 40.7 Å². The van der Waals surface area contributed by atoms with Gasteiger partial charge >= 0.3 is 6.18 Å². The van der Waals surface area contributed by atoms with Crippen LogP contribution in [0.15, 0.2) is 103 Å². The zero-order valence-electron chi connectivity index (χ0n) is 25.0. The molecule has 0 aliphatic carbocycles. The van der Waals surface area contributed by atoms with E-state index >= 15 is 0 Å². The molecule has 5 aromatic rings. The lowest BCUT2D eigenvalue weighted by molar-refractivity contribution is -0.740. The Morgan fingerprint density at radius 1 is 0.936 bits per heavy atom. The van der Waals surface area contributed by atoms with Crippen molar-refractivity contribution in [3.63, 3.8) is 0 Å². The molecule has 5 rings (SSSR count). The zero-order valence-corrected chi connectivity index (χ0v) is 26.6. The minimum atomic E-state index is -4.62. The van der Waals surface area contributed by atoms with Crippen LogP contribution in [0, 0.1) is 10.1 Å². The Hall–Kier alpha value is -5.21. The van der Waals surface area contributed by atoms with Gasteiger partial charge < -0.3 is 4.74 Å². The molecule has 0 atom stereocenters. The summed E-state index contributed by atoms with van der Waals surface area (Å²) in [6.45, 7) is 0. The average Bonchev–Trinajstić information content (AvgIpc) is 3.31. The summed E-state index contributed by atoms with van der Waals surface area (Å²) in [5.41, 5.74) is 2.58. The molecule has 1 heterocycles. The maximum Gasteiger partial charge on any atom is 0.416 e. The Balaban J connectivity index is 0.000000228. The first-order valence-electron chi connectivity index (χ1n) is 13.6. The van der Waals surface area contributed by atoms with Crippen LogP contribution in [0.1, 0.15) is 15.9 Å². The molecule has 244 valence electrons. The summed E-state index contributed by atoms with van der Waals surface area (Å²) in [5, 5.41) is 10.7. The van der Waals surface area contributed by atoms with E-state index in [-0.39, 0.29) is 11.5 Å². The topological polar surface area (TPSA) is 124 Å². The van der Waals surface area contributed by atoms with Crippen LogP contribution in [0.3, 0.4) is 0 Å². The maximum atomic E-state index is 12.7. The molecule has 10 nitrogen and oxygen atoms in total. The third-order valence-corrected chi connectivity index (χ3v) is 7.59. The van der Waals surface area contributed by atoms with Crippen molar-refractivity contribution in [2.75, 3.05) is 6.26 Å². The molecule has 0 saturated heterocycles. The van der Waals surface area contributed by atoms with Crippen LogP contribution < -0.4 is 14.1 Å². The summed E-state index contributed by atoms with van der Waals surface area (Å²) in [7, 11) is 0.182. The first kappa shape index (κ1) is 34.7. The number of hydrogen-bond acceptors (Lipinski definition) is 6. The quantitative estimate of drug-likeness (QED) is 0.112. The summed E-state index contributed by atoms with van der Waals surface area (Å²) in [5.74, 6) is -1.68. The van der Waals surface area contributed by atoms with Crippen molar-refractivity contribution in [3.05, 3.63) is 129 Å². The first-order chi connectivity index (χ1) is 22.0. The van der Waals surface area contributed by atoms with Crippen LogP contribution in [0.25, 0.3) is 22.5 Å². The lowest BCUT2D eigenvalue weighted by Gasteiger charge is -2.12. The lowest BCUT2D eigenvalue weighted by Crippen LogP contribution is -2.39. The predicted molar refractivity (Wildman–Crippen MR) is 169 cm³/mol.